The molecule has 0 aliphatic rings. The van der Waals surface area contributed by atoms with E-state index in [1.165, 1.54) is 18.2 Å². The van der Waals surface area contributed by atoms with Crippen LogP contribution in [0.1, 0.15) is 10.4 Å². The van der Waals surface area contributed by atoms with Crippen molar-refractivity contribution in [3.63, 3.8) is 0 Å². The quantitative estimate of drug-likeness (QED) is 0.720. The van der Waals surface area contributed by atoms with Crippen LogP contribution in [0.2, 0.25) is 5.02 Å². The van der Waals surface area contributed by atoms with Crippen LogP contribution in [0.3, 0.4) is 0 Å². The molecule has 0 amide bonds. The lowest BCUT2D eigenvalue weighted by Gasteiger charge is -1.96. The van der Waals surface area contributed by atoms with Crippen LogP contribution in [-0.4, -0.2) is 11.1 Å². The summed E-state index contributed by atoms with van der Waals surface area (Å²) in [4.78, 5) is 20.6. The molecule has 1 aromatic rings. The van der Waals surface area contributed by atoms with Crippen LogP contribution in [0.4, 0.5) is 5.69 Å². The molecule has 0 heterocycles. The van der Waals surface area contributed by atoms with Crippen molar-refractivity contribution in [2.75, 3.05) is 0 Å². The van der Waals surface area contributed by atoms with Crippen LogP contribution in [0.25, 0.3) is 0 Å². The van der Waals surface area contributed by atoms with E-state index >= 15 is 0 Å². The van der Waals surface area contributed by atoms with Gasteiger partial charge >= 0.3 is 5.97 Å². The van der Waals surface area contributed by atoms with Crippen molar-refractivity contribution in [3.8, 4) is 0 Å². The molecule has 1 aromatic carbocycles. The fraction of sp³-hybridized carbons (Fsp3) is 0. The first-order chi connectivity index (χ1) is 5.65. The van der Waals surface area contributed by atoms with E-state index in [-0.39, 0.29) is 16.3 Å². The average Bonchev–Trinajstić information content (AvgIpc) is 2.03. The zero-order chi connectivity index (χ0) is 9.14. The SMILES string of the molecule is O=Nc1cc(Cl)ccc1C(=O)O. The van der Waals surface area contributed by atoms with Crippen molar-refractivity contribution in [1.82, 2.24) is 0 Å². The molecule has 0 spiro atoms. The summed E-state index contributed by atoms with van der Waals surface area (Å²) in [7, 11) is 0. The maximum atomic E-state index is 10.4. The second kappa shape index (κ2) is 3.32. The highest BCUT2D eigenvalue weighted by atomic mass is 35.5. The predicted octanol–water partition coefficient (Wildman–Crippen LogP) is 2.44. The Balaban J connectivity index is 3.29. The summed E-state index contributed by atoms with van der Waals surface area (Å²) in [6, 6.07) is 3.83. The number of carbonyl (C=O) groups is 1. The molecular formula is C7H4ClNO3. The highest BCUT2D eigenvalue weighted by Crippen LogP contribution is 2.23. The van der Waals surface area contributed by atoms with Crippen LogP contribution < -0.4 is 0 Å². The molecule has 5 heteroatoms. The number of rotatable bonds is 2. The molecule has 0 atom stereocenters. The van der Waals surface area contributed by atoms with E-state index in [1.54, 1.807) is 0 Å². The molecule has 62 valence electrons. The van der Waals surface area contributed by atoms with Crippen LogP contribution in [-0.2, 0) is 0 Å². The largest absolute Gasteiger partial charge is 0.478 e. The molecule has 0 unspecified atom stereocenters. The van der Waals surface area contributed by atoms with Gasteiger partial charge in [-0.05, 0) is 23.4 Å². The summed E-state index contributed by atoms with van der Waals surface area (Å²) in [5, 5.41) is 11.4. The van der Waals surface area contributed by atoms with E-state index in [4.69, 9.17) is 16.7 Å². The van der Waals surface area contributed by atoms with Crippen molar-refractivity contribution in [1.29, 1.82) is 0 Å². The highest BCUT2D eigenvalue weighted by Gasteiger charge is 2.10. The minimum absolute atomic E-state index is 0.144. The van der Waals surface area contributed by atoms with Crippen molar-refractivity contribution in [3.05, 3.63) is 33.7 Å². The molecule has 0 saturated heterocycles. The number of nitrogens with zero attached hydrogens (tertiary/aromatic N) is 1. The summed E-state index contributed by atoms with van der Waals surface area (Å²) in [6.45, 7) is 0. The molecule has 0 bridgehead atoms. The smallest absolute Gasteiger partial charge is 0.338 e. The van der Waals surface area contributed by atoms with Gasteiger partial charge < -0.3 is 5.11 Å². The molecular weight excluding hydrogens is 182 g/mol. The van der Waals surface area contributed by atoms with Crippen molar-refractivity contribution < 1.29 is 9.90 Å². The van der Waals surface area contributed by atoms with Crippen LogP contribution >= 0.6 is 11.6 Å². The maximum Gasteiger partial charge on any atom is 0.338 e. The fourth-order valence-electron chi connectivity index (χ4n) is 0.761. The summed E-state index contributed by atoms with van der Waals surface area (Å²) >= 11 is 5.51. The second-order valence-electron chi connectivity index (χ2n) is 2.06. The Kier molecular flexibility index (Phi) is 2.40. The molecule has 0 saturated carbocycles. The lowest BCUT2D eigenvalue weighted by atomic mass is 10.2. The number of benzene rings is 1. The number of hydrogen-bond acceptors (Lipinski definition) is 3. The van der Waals surface area contributed by atoms with Gasteiger partial charge in [-0.2, -0.15) is 0 Å². The Labute approximate surface area is 72.8 Å². The monoisotopic (exact) mass is 185 g/mol. The summed E-state index contributed by atoms with van der Waals surface area (Å²) in [5.74, 6) is -1.19. The van der Waals surface area contributed by atoms with Gasteiger partial charge in [0.05, 0.1) is 5.56 Å². The zero-order valence-electron chi connectivity index (χ0n) is 5.82. The molecule has 1 N–H and O–H groups in total. The zero-order valence-corrected chi connectivity index (χ0v) is 6.58. The standard InChI is InChI=1S/C7H4ClNO3/c8-4-1-2-5(7(10)11)6(3-4)9-12/h1-3H,(H,10,11). The Bertz CT molecular complexity index is 337. The van der Waals surface area contributed by atoms with Gasteiger partial charge in [-0.3, -0.25) is 0 Å². The first-order valence-corrected chi connectivity index (χ1v) is 3.39. The summed E-state index contributed by atoms with van der Waals surface area (Å²) in [5.41, 5.74) is -0.301. The number of hydrogen-bond donors (Lipinski definition) is 1. The van der Waals surface area contributed by atoms with Gasteiger partial charge in [-0.1, -0.05) is 11.6 Å². The van der Waals surface area contributed by atoms with Crippen LogP contribution in [0.15, 0.2) is 23.4 Å². The third-order valence-electron chi connectivity index (χ3n) is 1.29. The van der Waals surface area contributed by atoms with Gasteiger partial charge in [0.2, 0.25) is 0 Å². The Hall–Kier alpha value is -1.42. The van der Waals surface area contributed by atoms with Crippen LogP contribution in [0.5, 0.6) is 0 Å². The molecule has 0 aliphatic carbocycles. The second-order valence-corrected chi connectivity index (χ2v) is 2.49. The van der Waals surface area contributed by atoms with Crippen molar-refractivity contribution >= 4 is 23.3 Å². The molecule has 0 radical (unpaired) electrons. The van der Waals surface area contributed by atoms with Gasteiger partial charge in [0.1, 0.15) is 5.69 Å². The number of halogens is 1. The lowest BCUT2D eigenvalue weighted by molar-refractivity contribution is 0.0698. The Morgan fingerprint density at radius 3 is 2.67 bits per heavy atom. The van der Waals surface area contributed by atoms with Gasteiger partial charge in [0.25, 0.3) is 0 Å². The van der Waals surface area contributed by atoms with Gasteiger partial charge in [0, 0.05) is 5.02 Å². The first kappa shape index (κ1) is 8.67. The van der Waals surface area contributed by atoms with Crippen LogP contribution in [0, 0.1) is 4.91 Å². The van der Waals surface area contributed by atoms with Gasteiger partial charge in [-0.25, -0.2) is 4.79 Å². The van der Waals surface area contributed by atoms with E-state index in [0.717, 1.165) is 0 Å². The van der Waals surface area contributed by atoms with E-state index in [9.17, 15) is 9.70 Å². The van der Waals surface area contributed by atoms with E-state index < -0.39 is 5.97 Å². The minimum Gasteiger partial charge on any atom is -0.478 e. The molecule has 0 aliphatic heterocycles. The predicted molar refractivity (Wildman–Crippen MR) is 43.9 cm³/mol. The minimum atomic E-state index is -1.19. The summed E-state index contributed by atoms with van der Waals surface area (Å²) in [6.07, 6.45) is 0. The average molecular weight is 186 g/mol. The third-order valence-corrected chi connectivity index (χ3v) is 1.52. The number of carboxylic acid groups (broad SMARTS) is 1. The lowest BCUT2D eigenvalue weighted by Crippen LogP contribution is -1.95. The number of carboxylic acids is 1. The molecule has 0 aromatic heterocycles. The number of nitroso groups, excluding NO2 is 1. The number of aromatic carboxylic acids is 1. The van der Waals surface area contributed by atoms with Gasteiger partial charge in [-0.15, -0.1) is 4.91 Å². The van der Waals surface area contributed by atoms with E-state index in [2.05, 4.69) is 5.18 Å². The van der Waals surface area contributed by atoms with Crippen molar-refractivity contribution in [2.45, 2.75) is 0 Å². The Morgan fingerprint density at radius 1 is 1.50 bits per heavy atom. The highest BCUT2D eigenvalue weighted by molar-refractivity contribution is 6.31. The normalized spacial score (nSPS) is 9.42. The molecule has 1 rings (SSSR count). The Morgan fingerprint density at radius 2 is 2.17 bits per heavy atom. The van der Waals surface area contributed by atoms with Gasteiger partial charge in [0.15, 0.2) is 0 Å². The fourth-order valence-corrected chi connectivity index (χ4v) is 0.928. The van der Waals surface area contributed by atoms with E-state index in [0.29, 0.717) is 0 Å². The maximum absolute atomic E-state index is 10.4. The molecule has 0 fully saturated rings. The molecule has 12 heavy (non-hydrogen) atoms. The summed E-state index contributed by atoms with van der Waals surface area (Å²) < 4.78 is 0. The van der Waals surface area contributed by atoms with E-state index in [1.807, 2.05) is 0 Å². The molecule has 4 nitrogen and oxygen atoms in total. The third kappa shape index (κ3) is 1.60. The topological polar surface area (TPSA) is 66.7 Å². The first-order valence-electron chi connectivity index (χ1n) is 3.01. The van der Waals surface area contributed by atoms with Crippen molar-refractivity contribution in [2.24, 2.45) is 5.18 Å².